The van der Waals surface area contributed by atoms with Gasteiger partial charge in [-0.3, -0.25) is 4.79 Å². The molecular weight excluding hydrogens is 254 g/mol. The average Bonchev–Trinajstić information content (AvgIpc) is 2.45. The second-order valence-corrected chi connectivity index (χ2v) is 4.93. The summed E-state index contributed by atoms with van der Waals surface area (Å²) in [5.41, 5.74) is 2.30. The van der Waals surface area contributed by atoms with Crippen LogP contribution in [0.2, 0.25) is 0 Å². The molecule has 20 heavy (non-hydrogen) atoms. The largest absolute Gasteiger partial charge is 0.384 e. The number of rotatable bonds is 1. The molecule has 1 aliphatic heterocycles. The first-order valence-corrected chi connectivity index (χ1v) is 6.72. The molecule has 2 rings (SSSR count). The fourth-order valence-electron chi connectivity index (χ4n) is 2.27. The molecule has 0 aromatic heterocycles. The Morgan fingerprint density at radius 1 is 1.55 bits per heavy atom. The van der Waals surface area contributed by atoms with Crippen molar-refractivity contribution in [2.45, 2.75) is 19.9 Å². The van der Waals surface area contributed by atoms with Gasteiger partial charge in [-0.15, -0.1) is 0 Å². The van der Waals surface area contributed by atoms with Crippen molar-refractivity contribution < 1.29 is 14.6 Å². The molecule has 1 aromatic rings. The molecule has 1 heterocycles. The molecule has 106 valence electrons. The summed E-state index contributed by atoms with van der Waals surface area (Å²) < 4.78 is 5.36. The summed E-state index contributed by atoms with van der Waals surface area (Å²) in [6.45, 7) is 5.45. The zero-order valence-corrected chi connectivity index (χ0v) is 11.8. The van der Waals surface area contributed by atoms with Gasteiger partial charge in [0, 0.05) is 12.1 Å². The van der Waals surface area contributed by atoms with Crippen LogP contribution in [0.15, 0.2) is 18.2 Å². The van der Waals surface area contributed by atoms with E-state index in [-0.39, 0.29) is 18.6 Å². The summed E-state index contributed by atoms with van der Waals surface area (Å²) in [7, 11) is 0. The van der Waals surface area contributed by atoms with E-state index in [4.69, 9.17) is 9.84 Å². The highest BCUT2D eigenvalue weighted by atomic mass is 16.5. The van der Waals surface area contributed by atoms with Crippen molar-refractivity contribution >= 4 is 5.91 Å². The fraction of sp³-hybridized carbons (Fsp3) is 0.438. The van der Waals surface area contributed by atoms with E-state index >= 15 is 0 Å². The third kappa shape index (κ3) is 3.19. The van der Waals surface area contributed by atoms with Crippen molar-refractivity contribution in [2.75, 3.05) is 26.4 Å². The number of hydrogen-bond donors (Lipinski definition) is 1. The summed E-state index contributed by atoms with van der Waals surface area (Å²) in [4.78, 5) is 14.5. The quantitative estimate of drug-likeness (QED) is 0.782. The van der Waals surface area contributed by atoms with Crippen molar-refractivity contribution in [1.29, 1.82) is 0 Å². The Balaban J connectivity index is 2.33. The Morgan fingerprint density at radius 2 is 2.35 bits per heavy atom. The number of aryl methyl sites for hydroxylation is 1. The van der Waals surface area contributed by atoms with Crippen molar-refractivity contribution in [3.8, 4) is 11.8 Å². The molecule has 1 atom stereocenters. The molecule has 1 amide bonds. The fourth-order valence-corrected chi connectivity index (χ4v) is 2.27. The summed E-state index contributed by atoms with van der Waals surface area (Å²) in [6, 6.07) is 5.65. The number of amides is 1. The number of ether oxygens (including phenoxy) is 1. The topological polar surface area (TPSA) is 49.8 Å². The number of benzene rings is 1. The Labute approximate surface area is 119 Å². The minimum atomic E-state index is -0.213. The predicted octanol–water partition coefficient (Wildman–Crippen LogP) is 1.20. The van der Waals surface area contributed by atoms with Crippen LogP contribution in [0.4, 0.5) is 0 Å². The first-order chi connectivity index (χ1) is 9.63. The van der Waals surface area contributed by atoms with Crippen LogP contribution < -0.4 is 0 Å². The van der Waals surface area contributed by atoms with Crippen LogP contribution in [0.1, 0.15) is 28.4 Å². The first-order valence-electron chi connectivity index (χ1n) is 6.72. The number of aliphatic hydroxyl groups is 1. The summed E-state index contributed by atoms with van der Waals surface area (Å²) in [6.07, 6.45) is 0. The summed E-state index contributed by atoms with van der Waals surface area (Å²) in [5, 5.41) is 8.83. The standard InChI is InChI=1S/C16H19NO3/c1-12-5-6-15(14(10-12)4-3-8-18)16(19)17-7-9-20-11-13(17)2/h5-6,10,13,18H,7-9,11H2,1-2H3. The molecule has 1 N–H and O–H groups in total. The second-order valence-electron chi connectivity index (χ2n) is 4.93. The number of hydrogen-bond acceptors (Lipinski definition) is 3. The third-order valence-corrected chi connectivity index (χ3v) is 3.34. The number of carbonyl (C=O) groups excluding carboxylic acids is 1. The molecule has 0 saturated carbocycles. The lowest BCUT2D eigenvalue weighted by Crippen LogP contribution is -2.47. The van der Waals surface area contributed by atoms with Crippen molar-refractivity contribution in [2.24, 2.45) is 0 Å². The van der Waals surface area contributed by atoms with Crippen LogP contribution in [0.25, 0.3) is 0 Å². The molecule has 1 aromatic carbocycles. The van der Waals surface area contributed by atoms with Gasteiger partial charge in [0.2, 0.25) is 0 Å². The highest BCUT2D eigenvalue weighted by Crippen LogP contribution is 2.17. The normalized spacial score (nSPS) is 18.4. The van der Waals surface area contributed by atoms with Gasteiger partial charge in [-0.25, -0.2) is 0 Å². The van der Waals surface area contributed by atoms with Gasteiger partial charge in [-0.05, 0) is 31.5 Å². The molecule has 1 aliphatic rings. The van der Waals surface area contributed by atoms with Gasteiger partial charge in [0.1, 0.15) is 6.61 Å². The molecule has 0 bridgehead atoms. The van der Waals surface area contributed by atoms with Gasteiger partial charge in [-0.2, -0.15) is 0 Å². The van der Waals surface area contributed by atoms with Gasteiger partial charge in [-0.1, -0.05) is 17.9 Å². The second kappa shape index (κ2) is 6.56. The zero-order chi connectivity index (χ0) is 14.5. The molecule has 4 nitrogen and oxygen atoms in total. The molecule has 1 saturated heterocycles. The number of nitrogens with zero attached hydrogens (tertiary/aromatic N) is 1. The lowest BCUT2D eigenvalue weighted by molar-refractivity contribution is 0.00358. The van der Waals surface area contributed by atoms with E-state index in [1.165, 1.54) is 0 Å². The van der Waals surface area contributed by atoms with Gasteiger partial charge < -0.3 is 14.7 Å². The van der Waals surface area contributed by atoms with Crippen LogP contribution in [0.3, 0.4) is 0 Å². The van der Waals surface area contributed by atoms with E-state index < -0.39 is 0 Å². The SMILES string of the molecule is Cc1ccc(C(=O)N2CCOCC2C)c(C#CCO)c1. The van der Waals surface area contributed by atoms with E-state index in [2.05, 4.69) is 11.8 Å². The summed E-state index contributed by atoms with van der Waals surface area (Å²) >= 11 is 0. The van der Waals surface area contributed by atoms with Gasteiger partial charge >= 0.3 is 0 Å². The van der Waals surface area contributed by atoms with Crippen LogP contribution in [-0.4, -0.2) is 48.3 Å². The van der Waals surface area contributed by atoms with Crippen LogP contribution in [0.5, 0.6) is 0 Å². The maximum Gasteiger partial charge on any atom is 0.255 e. The van der Waals surface area contributed by atoms with Crippen molar-refractivity contribution in [1.82, 2.24) is 4.90 Å². The predicted molar refractivity (Wildman–Crippen MR) is 76.5 cm³/mol. The number of aliphatic hydroxyl groups excluding tert-OH is 1. The van der Waals surface area contributed by atoms with Crippen LogP contribution in [0, 0.1) is 18.8 Å². The summed E-state index contributed by atoms with van der Waals surface area (Å²) in [5.74, 6) is 5.45. The molecular formula is C16H19NO3. The van der Waals surface area contributed by atoms with Crippen LogP contribution >= 0.6 is 0 Å². The Kier molecular flexibility index (Phi) is 4.78. The van der Waals surface area contributed by atoms with E-state index in [9.17, 15) is 4.79 Å². The number of morpholine rings is 1. The minimum Gasteiger partial charge on any atom is -0.384 e. The third-order valence-electron chi connectivity index (χ3n) is 3.34. The maximum atomic E-state index is 12.6. The molecule has 1 unspecified atom stereocenters. The average molecular weight is 273 g/mol. The Bertz CT molecular complexity index is 557. The lowest BCUT2D eigenvalue weighted by Gasteiger charge is -2.33. The Morgan fingerprint density at radius 3 is 3.05 bits per heavy atom. The van der Waals surface area contributed by atoms with E-state index in [0.29, 0.717) is 30.9 Å². The highest BCUT2D eigenvalue weighted by Gasteiger charge is 2.25. The molecule has 0 radical (unpaired) electrons. The van der Waals surface area contributed by atoms with Gasteiger partial charge in [0.15, 0.2) is 0 Å². The molecule has 0 aliphatic carbocycles. The van der Waals surface area contributed by atoms with E-state index in [1.807, 2.05) is 30.9 Å². The smallest absolute Gasteiger partial charge is 0.255 e. The monoisotopic (exact) mass is 273 g/mol. The molecule has 1 fully saturated rings. The van der Waals surface area contributed by atoms with Crippen LogP contribution in [-0.2, 0) is 4.74 Å². The molecule has 4 heteroatoms. The molecule has 0 spiro atoms. The van der Waals surface area contributed by atoms with Gasteiger partial charge in [0.05, 0.1) is 24.8 Å². The lowest BCUT2D eigenvalue weighted by atomic mass is 10.0. The van der Waals surface area contributed by atoms with E-state index in [0.717, 1.165) is 5.56 Å². The first kappa shape index (κ1) is 14.6. The van der Waals surface area contributed by atoms with E-state index in [1.54, 1.807) is 6.07 Å². The number of carbonyl (C=O) groups is 1. The van der Waals surface area contributed by atoms with Crippen molar-refractivity contribution in [3.63, 3.8) is 0 Å². The van der Waals surface area contributed by atoms with Gasteiger partial charge in [0.25, 0.3) is 5.91 Å². The van der Waals surface area contributed by atoms with Crippen molar-refractivity contribution in [3.05, 3.63) is 34.9 Å². The highest BCUT2D eigenvalue weighted by molar-refractivity contribution is 5.97. The zero-order valence-electron chi connectivity index (χ0n) is 11.8. The minimum absolute atomic E-state index is 0.0250. The Hall–Kier alpha value is -1.83. The maximum absolute atomic E-state index is 12.6.